The normalized spacial score (nSPS) is 10.7. The molecule has 1 aromatic heterocycles. The molecule has 0 bridgehead atoms. The highest BCUT2D eigenvalue weighted by molar-refractivity contribution is 9.10. The Kier molecular flexibility index (Phi) is 4.24. The van der Waals surface area contributed by atoms with E-state index in [4.69, 9.17) is 16.3 Å². The number of aromatic amines is 1. The largest absolute Gasteiger partial charge is 0.424 e. The fourth-order valence-electron chi connectivity index (χ4n) is 2.30. The maximum Gasteiger partial charge on any atom is 0.308 e. The number of benzene rings is 2. The highest BCUT2D eigenvalue weighted by Crippen LogP contribution is 2.33. The predicted octanol–water partition coefficient (Wildman–Crippen LogP) is 4.74. The molecule has 0 aliphatic carbocycles. The Bertz CT molecular complexity index is 915. The molecule has 3 rings (SSSR count). The number of halogens is 2. The number of carbonyl (C=O) groups excluding carboxylic acids is 2. The summed E-state index contributed by atoms with van der Waals surface area (Å²) < 4.78 is 6.13. The molecule has 0 aliphatic heterocycles. The highest BCUT2D eigenvalue weighted by atomic mass is 79.9. The molecule has 0 fully saturated rings. The van der Waals surface area contributed by atoms with Crippen LogP contribution in [0.1, 0.15) is 23.0 Å². The zero-order chi connectivity index (χ0) is 16.6. The molecule has 1 heterocycles. The van der Waals surface area contributed by atoms with Crippen molar-refractivity contribution in [3.05, 3.63) is 63.2 Å². The molecule has 0 saturated carbocycles. The van der Waals surface area contributed by atoms with Crippen LogP contribution in [0.4, 0.5) is 0 Å². The van der Waals surface area contributed by atoms with E-state index < -0.39 is 5.97 Å². The van der Waals surface area contributed by atoms with Gasteiger partial charge < -0.3 is 9.72 Å². The maximum atomic E-state index is 12.7. The van der Waals surface area contributed by atoms with Crippen LogP contribution in [0, 0.1) is 0 Å². The maximum absolute atomic E-state index is 12.7. The van der Waals surface area contributed by atoms with Gasteiger partial charge in [-0.3, -0.25) is 9.59 Å². The molecule has 0 radical (unpaired) electrons. The van der Waals surface area contributed by atoms with E-state index in [1.165, 1.54) is 6.92 Å². The first-order chi connectivity index (χ1) is 11.0. The van der Waals surface area contributed by atoms with Gasteiger partial charge in [-0.1, -0.05) is 27.5 Å². The highest BCUT2D eigenvalue weighted by Gasteiger charge is 2.22. The Hall–Kier alpha value is -2.11. The van der Waals surface area contributed by atoms with Crippen LogP contribution in [-0.4, -0.2) is 16.7 Å². The molecule has 116 valence electrons. The van der Waals surface area contributed by atoms with E-state index in [0.29, 0.717) is 21.5 Å². The zero-order valence-corrected chi connectivity index (χ0v) is 14.4. The molecule has 6 heteroatoms. The number of hydrogen-bond donors (Lipinski definition) is 1. The zero-order valence-electron chi connectivity index (χ0n) is 12.0. The Morgan fingerprint density at radius 2 is 1.83 bits per heavy atom. The second-order valence-electron chi connectivity index (χ2n) is 4.95. The molecule has 4 nitrogen and oxygen atoms in total. The van der Waals surface area contributed by atoms with Gasteiger partial charge in [0.05, 0.1) is 5.52 Å². The molecule has 23 heavy (non-hydrogen) atoms. The van der Waals surface area contributed by atoms with Gasteiger partial charge in [-0.15, -0.1) is 0 Å². The lowest BCUT2D eigenvalue weighted by Gasteiger charge is -2.04. The Morgan fingerprint density at radius 1 is 1.13 bits per heavy atom. The first-order valence-electron chi connectivity index (χ1n) is 6.75. The number of hydrogen-bond acceptors (Lipinski definition) is 3. The average Bonchev–Trinajstić information content (AvgIpc) is 2.84. The number of esters is 1. The van der Waals surface area contributed by atoms with Crippen molar-refractivity contribution >= 4 is 50.2 Å². The minimum Gasteiger partial charge on any atom is -0.424 e. The van der Waals surface area contributed by atoms with Crippen molar-refractivity contribution < 1.29 is 14.3 Å². The summed E-state index contributed by atoms with van der Waals surface area (Å²) in [4.78, 5) is 27.1. The number of ether oxygens (including phenoxy) is 1. The Balaban J connectivity index is 2.16. The minimum absolute atomic E-state index is 0.220. The third kappa shape index (κ3) is 3.16. The van der Waals surface area contributed by atoms with Crippen molar-refractivity contribution in [2.45, 2.75) is 6.92 Å². The third-order valence-electron chi connectivity index (χ3n) is 3.29. The van der Waals surface area contributed by atoms with Crippen molar-refractivity contribution in [2.75, 3.05) is 0 Å². The molecule has 0 amide bonds. The molecule has 3 aromatic rings. The van der Waals surface area contributed by atoms with Gasteiger partial charge in [-0.25, -0.2) is 0 Å². The Morgan fingerprint density at radius 3 is 2.48 bits per heavy atom. The monoisotopic (exact) mass is 391 g/mol. The lowest BCUT2D eigenvalue weighted by Crippen LogP contribution is -2.08. The summed E-state index contributed by atoms with van der Waals surface area (Å²) in [5.74, 6) is -0.538. The van der Waals surface area contributed by atoms with E-state index in [9.17, 15) is 9.59 Å². The molecule has 0 aliphatic rings. The average molecular weight is 393 g/mol. The first-order valence-corrected chi connectivity index (χ1v) is 7.92. The number of nitrogens with one attached hydrogen (secondary N) is 1. The molecule has 0 saturated heterocycles. The molecular weight excluding hydrogens is 382 g/mol. The van der Waals surface area contributed by atoms with Crippen LogP contribution in [0.5, 0.6) is 5.75 Å². The number of rotatable bonds is 3. The van der Waals surface area contributed by atoms with Crippen molar-refractivity contribution in [3.8, 4) is 5.75 Å². The summed E-state index contributed by atoms with van der Waals surface area (Å²) in [5.41, 5.74) is 1.34. The Labute approximate surface area is 145 Å². The summed E-state index contributed by atoms with van der Waals surface area (Å²) in [6.45, 7) is 1.29. The summed E-state index contributed by atoms with van der Waals surface area (Å²) in [6.07, 6.45) is 0. The van der Waals surface area contributed by atoms with Crippen LogP contribution in [0.3, 0.4) is 0 Å². The van der Waals surface area contributed by atoms with E-state index in [0.717, 1.165) is 4.47 Å². The number of carbonyl (C=O) groups is 2. The van der Waals surface area contributed by atoms with Crippen LogP contribution in [0.15, 0.2) is 46.9 Å². The van der Waals surface area contributed by atoms with E-state index in [1.807, 2.05) is 0 Å². The standard InChI is InChI=1S/C17H11BrClNO3/c1-9(21)23-17-13-7-6-12(19)8-14(13)20-15(17)16(22)10-2-4-11(18)5-3-10/h2-8,20H,1H3. The second kappa shape index (κ2) is 6.18. The topological polar surface area (TPSA) is 59.2 Å². The third-order valence-corrected chi connectivity index (χ3v) is 4.06. The van der Waals surface area contributed by atoms with Gasteiger partial charge in [0.15, 0.2) is 5.75 Å². The van der Waals surface area contributed by atoms with Crippen LogP contribution < -0.4 is 4.74 Å². The van der Waals surface area contributed by atoms with E-state index in [1.54, 1.807) is 42.5 Å². The first kappa shape index (κ1) is 15.8. The van der Waals surface area contributed by atoms with Gasteiger partial charge >= 0.3 is 5.97 Å². The predicted molar refractivity (Wildman–Crippen MR) is 92.2 cm³/mol. The molecule has 1 N–H and O–H groups in total. The number of H-pyrrole nitrogens is 1. The van der Waals surface area contributed by atoms with Gasteiger partial charge in [-0.05, 0) is 42.5 Å². The van der Waals surface area contributed by atoms with Gasteiger partial charge in [0.25, 0.3) is 0 Å². The van der Waals surface area contributed by atoms with Crippen LogP contribution in [0.2, 0.25) is 5.02 Å². The van der Waals surface area contributed by atoms with E-state index >= 15 is 0 Å². The number of aromatic nitrogens is 1. The fraction of sp³-hybridized carbons (Fsp3) is 0.0588. The van der Waals surface area contributed by atoms with E-state index in [-0.39, 0.29) is 17.2 Å². The number of ketones is 1. The van der Waals surface area contributed by atoms with Gasteiger partial charge in [0.1, 0.15) is 5.69 Å². The molecule has 2 aromatic carbocycles. The molecule has 0 atom stereocenters. The van der Waals surface area contributed by atoms with Crippen molar-refractivity contribution in [3.63, 3.8) is 0 Å². The molecular formula is C17H11BrClNO3. The lowest BCUT2D eigenvalue weighted by atomic mass is 10.1. The van der Waals surface area contributed by atoms with Gasteiger partial charge in [0.2, 0.25) is 5.78 Å². The van der Waals surface area contributed by atoms with Gasteiger partial charge in [0, 0.05) is 27.4 Å². The second-order valence-corrected chi connectivity index (χ2v) is 6.30. The quantitative estimate of drug-likeness (QED) is 0.517. The summed E-state index contributed by atoms with van der Waals surface area (Å²) in [5, 5.41) is 1.15. The van der Waals surface area contributed by atoms with Crippen molar-refractivity contribution in [1.29, 1.82) is 0 Å². The summed E-state index contributed by atoms with van der Waals surface area (Å²) >= 11 is 9.31. The lowest BCUT2D eigenvalue weighted by molar-refractivity contribution is -0.131. The molecule has 0 spiro atoms. The summed E-state index contributed by atoms with van der Waals surface area (Å²) in [6, 6.07) is 12.0. The van der Waals surface area contributed by atoms with Crippen molar-refractivity contribution in [1.82, 2.24) is 4.98 Å². The van der Waals surface area contributed by atoms with Crippen molar-refractivity contribution in [2.24, 2.45) is 0 Å². The molecule has 0 unspecified atom stereocenters. The van der Waals surface area contributed by atoms with E-state index in [2.05, 4.69) is 20.9 Å². The minimum atomic E-state index is -0.495. The SMILES string of the molecule is CC(=O)Oc1c(C(=O)c2ccc(Br)cc2)[nH]c2cc(Cl)ccc12. The van der Waals surface area contributed by atoms with Crippen LogP contribution in [0.25, 0.3) is 10.9 Å². The smallest absolute Gasteiger partial charge is 0.308 e. The fourth-order valence-corrected chi connectivity index (χ4v) is 2.74. The van der Waals surface area contributed by atoms with Crippen LogP contribution >= 0.6 is 27.5 Å². The summed E-state index contributed by atoms with van der Waals surface area (Å²) in [7, 11) is 0. The van der Waals surface area contributed by atoms with Gasteiger partial charge in [-0.2, -0.15) is 0 Å². The number of fused-ring (bicyclic) bond motifs is 1. The van der Waals surface area contributed by atoms with Crippen LogP contribution in [-0.2, 0) is 4.79 Å².